The van der Waals surface area contributed by atoms with Crippen molar-refractivity contribution in [3.63, 3.8) is 0 Å². The summed E-state index contributed by atoms with van der Waals surface area (Å²) in [5.41, 5.74) is 3.35. The number of amides is 1. The molecule has 0 aliphatic heterocycles. The molecule has 0 unspecified atom stereocenters. The molecule has 32 heavy (non-hydrogen) atoms. The Kier molecular flexibility index (Phi) is 7.42. The van der Waals surface area contributed by atoms with Crippen molar-refractivity contribution >= 4 is 18.1 Å². The SMILES string of the molecule is CCOc1cc(/C=N\NC(=O)c2ccccc2O)ccc1OC(=O)c1ccccc1OC. The number of benzene rings is 3. The fourth-order valence-corrected chi connectivity index (χ4v) is 2.82. The molecule has 0 bridgehead atoms. The summed E-state index contributed by atoms with van der Waals surface area (Å²) in [7, 11) is 1.48. The number of nitrogens with zero attached hydrogens (tertiary/aromatic N) is 1. The minimum absolute atomic E-state index is 0.109. The zero-order valence-electron chi connectivity index (χ0n) is 17.6. The maximum absolute atomic E-state index is 12.6. The second-order valence-electron chi connectivity index (χ2n) is 6.45. The third kappa shape index (κ3) is 5.42. The van der Waals surface area contributed by atoms with Gasteiger partial charge in [-0.3, -0.25) is 4.79 Å². The second-order valence-corrected chi connectivity index (χ2v) is 6.45. The Morgan fingerprint density at radius 1 is 0.969 bits per heavy atom. The number of methoxy groups -OCH3 is 1. The molecule has 8 heteroatoms. The number of carbonyl (C=O) groups excluding carboxylic acids is 2. The first-order valence-electron chi connectivity index (χ1n) is 9.77. The second kappa shape index (κ2) is 10.6. The van der Waals surface area contributed by atoms with Gasteiger partial charge in [-0.25, -0.2) is 10.2 Å². The topological polar surface area (TPSA) is 106 Å². The Labute approximate surface area is 185 Å². The largest absolute Gasteiger partial charge is 0.507 e. The molecule has 0 radical (unpaired) electrons. The minimum Gasteiger partial charge on any atom is -0.507 e. The van der Waals surface area contributed by atoms with Crippen LogP contribution >= 0.6 is 0 Å². The molecule has 164 valence electrons. The average molecular weight is 434 g/mol. The Morgan fingerprint density at radius 3 is 2.41 bits per heavy atom. The van der Waals surface area contributed by atoms with Gasteiger partial charge < -0.3 is 19.3 Å². The van der Waals surface area contributed by atoms with E-state index in [4.69, 9.17) is 14.2 Å². The number of esters is 1. The van der Waals surface area contributed by atoms with Crippen LogP contribution in [0.4, 0.5) is 0 Å². The highest BCUT2D eigenvalue weighted by Gasteiger charge is 2.17. The third-order valence-electron chi connectivity index (χ3n) is 4.33. The summed E-state index contributed by atoms with van der Waals surface area (Å²) in [5.74, 6) is -0.296. The Balaban J connectivity index is 1.74. The molecule has 3 aromatic rings. The number of hydrogen-bond donors (Lipinski definition) is 2. The summed E-state index contributed by atoms with van der Waals surface area (Å²) < 4.78 is 16.3. The lowest BCUT2D eigenvalue weighted by molar-refractivity contribution is 0.0724. The number of phenolic OH excluding ortho intramolecular Hbond substituents is 1. The Hall–Kier alpha value is -4.33. The van der Waals surface area contributed by atoms with Crippen molar-refractivity contribution in [1.29, 1.82) is 0 Å². The standard InChI is InChI=1S/C24H22N2O6/c1-3-31-22-14-16(15-25-26-23(28)17-8-4-6-10-19(17)27)12-13-21(22)32-24(29)18-9-5-7-11-20(18)30-2/h4-15,27H,3H2,1-2H3,(H,26,28)/b25-15-. The minimum atomic E-state index is -0.584. The van der Waals surface area contributed by atoms with E-state index in [1.54, 1.807) is 61.5 Å². The lowest BCUT2D eigenvalue weighted by Gasteiger charge is -2.12. The van der Waals surface area contributed by atoms with E-state index in [0.717, 1.165) is 0 Å². The Morgan fingerprint density at radius 2 is 1.69 bits per heavy atom. The molecule has 2 N–H and O–H groups in total. The van der Waals surface area contributed by atoms with E-state index in [-0.39, 0.29) is 22.6 Å². The number of hydrogen-bond acceptors (Lipinski definition) is 7. The van der Waals surface area contributed by atoms with Crippen LogP contribution in [0.1, 0.15) is 33.2 Å². The van der Waals surface area contributed by atoms with Gasteiger partial charge in [0, 0.05) is 0 Å². The lowest BCUT2D eigenvalue weighted by Crippen LogP contribution is -2.17. The molecule has 0 aliphatic rings. The van der Waals surface area contributed by atoms with Crippen molar-refractivity contribution < 1.29 is 28.9 Å². The van der Waals surface area contributed by atoms with Gasteiger partial charge in [0.1, 0.15) is 17.1 Å². The van der Waals surface area contributed by atoms with Gasteiger partial charge in [-0.1, -0.05) is 24.3 Å². The van der Waals surface area contributed by atoms with Crippen LogP contribution < -0.4 is 19.6 Å². The number of aromatic hydroxyl groups is 1. The fraction of sp³-hybridized carbons (Fsp3) is 0.125. The predicted octanol–water partition coefficient (Wildman–Crippen LogP) is 3.78. The highest BCUT2D eigenvalue weighted by atomic mass is 16.6. The van der Waals surface area contributed by atoms with E-state index < -0.39 is 11.9 Å². The van der Waals surface area contributed by atoms with Gasteiger partial charge in [0.15, 0.2) is 11.5 Å². The molecule has 0 saturated carbocycles. The summed E-state index contributed by atoms with van der Waals surface area (Å²) in [6.45, 7) is 2.16. The molecule has 0 spiro atoms. The van der Waals surface area contributed by atoms with E-state index in [1.165, 1.54) is 25.5 Å². The first kappa shape index (κ1) is 22.4. The van der Waals surface area contributed by atoms with Crippen LogP contribution in [-0.4, -0.2) is 36.9 Å². The maximum atomic E-state index is 12.6. The first-order chi connectivity index (χ1) is 15.5. The van der Waals surface area contributed by atoms with Crippen molar-refractivity contribution in [2.24, 2.45) is 5.10 Å². The molecular formula is C24H22N2O6. The van der Waals surface area contributed by atoms with E-state index in [9.17, 15) is 14.7 Å². The van der Waals surface area contributed by atoms with Crippen LogP contribution in [0, 0.1) is 0 Å². The summed E-state index contributed by atoms with van der Waals surface area (Å²) in [6.07, 6.45) is 1.41. The smallest absolute Gasteiger partial charge is 0.347 e. The molecule has 1 amide bonds. The van der Waals surface area contributed by atoms with Gasteiger partial charge in [0.05, 0.1) is 25.5 Å². The number of nitrogens with one attached hydrogen (secondary N) is 1. The third-order valence-corrected chi connectivity index (χ3v) is 4.33. The van der Waals surface area contributed by atoms with E-state index in [2.05, 4.69) is 10.5 Å². The molecule has 0 atom stereocenters. The van der Waals surface area contributed by atoms with Gasteiger partial charge in [-0.15, -0.1) is 0 Å². The quantitative estimate of drug-likeness (QED) is 0.242. The maximum Gasteiger partial charge on any atom is 0.347 e. The molecule has 3 aromatic carbocycles. The zero-order valence-corrected chi connectivity index (χ0v) is 17.6. The van der Waals surface area contributed by atoms with Crippen molar-refractivity contribution in [2.45, 2.75) is 6.92 Å². The molecule has 0 heterocycles. The summed E-state index contributed by atoms with van der Waals surface area (Å²) in [4.78, 5) is 24.7. The average Bonchev–Trinajstić information content (AvgIpc) is 2.81. The van der Waals surface area contributed by atoms with E-state index >= 15 is 0 Å². The molecule has 0 aromatic heterocycles. The van der Waals surface area contributed by atoms with Crippen LogP contribution in [0.5, 0.6) is 23.0 Å². The van der Waals surface area contributed by atoms with E-state index in [0.29, 0.717) is 23.7 Å². The molecule has 0 saturated heterocycles. The number of hydrazone groups is 1. The van der Waals surface area contributed by atoms with Gasteiger partial charge in [-0.2, -0.15) is 5.10 Å². The molecule has 3 rings (SSSR count). The normalized spacial score (nSPS) is 10.6. The molecule has 0 fully saturated rings. The van der Waals surface area contributed by atoms with Gasteiger partial charge in [0.25, 0.3) is 5.91 Å². The van der Waals surface area contributed by atoms with Crippen molar-refractivity contribution in [3.05, 3.63) is 83.4 Å². The lowest BCUT2D eigenvalue weighted by atomic mass is 10.2. The van der Waals surface area contributed by atoms with Crippen molar-refractivity contribution in [3.8, 4) is 23.0 Å². The number of rotatable bonds is 8. The highest BCUT2D eigenvalue weighted by molar-refractivity contribution is 5.97. The van der Waals surface area contributed by atoms with Gasteiger partial charge in [0.2, 0.25) is 0 Å². The first-order valence-corrected chi connectivity index (χ1v) is 9.77. The number of para-hydroxylation sites is 2. The number of phenols is 1. The Bertz CT molecular complexity index is 1140. The van der Waals surface area contributed by atoms with Crippen molar-refractivity contribution in [1.82, 2.24) is 5.43 Å². The number of ether oxygens (including phenoxy) is 3. The van der Waals surface area contributed by atoms with Gasteiger partial charge >= 0.3 is 5.97 Å². The van der Waals surface area contributed by atoms with Crippen LogP contribution in [0.3, 0.4) is 0 Å². The van der Waals surface area contributed by atoms with Crippen LogP contribution in [0.2, 0.25) is 0 Å². The summed E-state index contributed by atoms with van der Waals surface area (Å²) >= 11 is 0. The monoisotopic (exact) mass is 434 g/mol. The fourth-order valence-electron chi connectivity index (χ4n) is 2.82. The van der Waals surface area contributed by atoms with E-state index in [1.807, 2.05) is 0 Å². The zero-order chi connectivity index (χ0) is 22.9. The molecule has 0 aliphatic carbocycles. The summed E-state index contributed by atoms with van der Waals surface area (Å²) in [6, 6.07) is 17.8. The van der Waals surface area contributed by atoms with Crippen LogP contribution in [0.15, 0.2) is 71.8 Å². The van der Waals surface area contributed by atoms with Gasteiger partial charge in [-0.05, 0) is 55.0 Å². The predicted molar refractivity (Wildman–Crippen MR) is 119 cm³/mol. The molecular weight excluding hydrogens is 412 g/mol. The van der Waals surface area contributed by atoms with Crippen molar-refractivity contribution in [2.75, 3.05) is 13.7 Å². The number of carbonyl (C=O) groups is 2. The molecule has 8 nitrogen and oxygen atoms in total. The highest BCUT2D eigenvalue weighted by Crippen LogP contribution is 2.30. The van der Waals surface area contributed by atoms with Crippen LogP contribution in [-0.2, 0) is 0 Å². The van der Waals surface area contributed by atoms with Crippen LogP contribution in [0.25, 0.3) is 0 Å². The summed E-state index contributed by atoms with van der Waals surface area (Å²) in [5, 5.41) is 13.6.